The number of benzene rings is 3. The summed E-state index contributed by atoms with van der Waals surface area (Å²) in [5, 5.41) is 9.09. The number of rotatable bonds is 6. The highest BCUT2D eigenvalue weighted by atomic mass is 16.2. The average molecular weight is 358 g/mol. The lowest BCUT2D eigenvalue weighted by Gasteiger charge is -2.43. The minimum Gasteiger partial charge on any atom is -0.348 e. The summed E-state index contributed by atoms with van der Waals surface area (Å²) in [6.07, 6.45) is 3.38. The van der Waals surface area contributed by atoms with Crippen LogP contribution in [-0.4, -0.2) is 12.5 Å². The number of fused-ring (bicyclic) bond motifs is 1. The molecule has 1 fully saturated rings. The second-order valence-electron chi connectivity index (χ2n) is 7.51. The van der Waals surface area contributed by atoms with E-state index in [1.807, 2.05) is 18.2 Å². The third-order valence-electron chi connectivity index (χ3n) is 5.79. The summed E-state index contributed by atoms with van der Waals surface area (Å²) in [5.74, 6) is 0.0395. The quantitative estimate of drug-likeness (QED) is 0.671. The molecule has 4 rings (SSSR count). The maximum Gasteiger partial charge on any atom is 0.234 e. The number of carbonyl (C=O) groups excluding carboxylic acids is 1. The van der Waals surface area contributed by atoms with Crippen LogP contribution in [-0.2, 0) is 10.3 Å². The van der Waals surface area contributed by atoms with E-state index in [1.54, 1.807) is 0 Å². The van der Waals surface area contributed by atoms with Crippen LogP contribution in [0.4, 0.5) is 0 Å². The van der Waals surface area contributed by atoms with E-state index in [1.165, 1.54) is 22.8 Å². The lowest BCUT2D eigenvalue weighted by molar-refractivity contribution is -0.121. The minimum atomic E-state index is -0.0404. The Labute approximate surface area is 160 Å². The van der Waals surface area contributed by atoms with Crippen molar-refractivity contribution >= 4 is 16.7 Å². The fourth-order valence-electron chi connectivity index (χ4n) is 4.10. The Morgan fingerprint density at radius 3 is 2.41 bits per heavy atom. The third-order valence-corrected chi connectivity index (χ3v) is 5.79. The number of carbonyl (C=O) groups is 1. The largest absolute Gasteiger partial charge is 0.348 e. The van der Waals surface area contributed by atoms with E-state index in [9.17, 15) is 4.79 Å². The molecule has 1 aliphatic rings. The van der Waals surface area contributed by atoms with Gasteiger partial charge in [0.1, 0.15) is 0 Å². The molecular weight excluding hydrogens is 332 g/mol. The van der Waals surface area contributed by atoms with Crippen LogP contribution in [0.15, 0.2) is 72.8 Å². The molecule has 1 saturated carbocycles. The van der Waals surface area contributed by atoms with E-state index in [2.05, 4.69) is 72.2 Å². The molecule has 0 spiro atoms. The fourth-order valence-corrected chi connectivity index (χ4v) is 4.10. The van der Waals surface area contributed by atoms with Gasteiger partial charge in [-0.2, -0.15) is 0 Å². The molecular formula is C24H26N2O. The monoisotopic (exact) mass is 358 g/mol. The van der Waals surface area contributed by atoms with Crippen LogP contribution in [0.2, 0.25) is 0 Å². The highest BCUT2D eigenvalue weighted by molar-refractivity contribution is 5.87. The zero-order chi connectivity index (χ0) is 18.7. The summed E-state index contributed by atoms with van der Waals surface area (Å²) in [6.45, 7) is 2.39. The molecule has 3 aromatic rings. The predicted molar refractivity (Wildman–Crippen MR) is 110 cm³/mol. The first kappa shape index (κ1) is 17.7. The van der Waals surface area contributed by atoms with Gasteiger partial charge in [0.2, 0.25) is 5.91 Å². The highest BCUT2D eigenvalue weighted by Gasteiger charge is 2.38. The standard InChI is InChI=1S/C24H26N2O/c1-18(21-14-7-10-19-9-5-6-13-22(19)21)26-23(27)17-25-24(15-8-16-24)20-11-3-2-4-12-20/h2-7,9-14,18,25H,8,15-17H2,1H3,(H,26,27)/t18-/m0/s1. The molecule has 0 saturated heterocycles. The Bertz CT molecular complexity index is 926. The number of hydrogen-bond acceptors (Lipinski definition) is 2. The Morgan fingerprint density at radius 1 is 0.963 bits per heavy atom. The molecule has 1 atom stereocenters. The Morgan fingerprint density at radius 2 is 1.67 bits per heavy atom. The molecule has 3 nitrogen and oxygen atoms in total. The van der Waals surface area contributed by atoms with Crippen LogP contribution in [0.5, 0.6) is 0 Å². The van der Waals surface area contributed by atoms with Gasteiger partial charge in [-0.05, 0) is 48.1 Å². The molecule has 1 amide bonds. The van der Waals surface area contributed by atoms with Gasteiger partial charge in [-0.3, -0.25) is 10.1 Å². The molecule has 0 bridgehead atoms. The van der Waals surface area contributed by atoms with Gasteiger partial charge in [0.05, 0.1) is 12.6 Å². The van der Waals surface area contributed by atoms with Gasteiger partial charge < -0.3 is 5.32 Å². The first-order valence-electron chi connectivity index (χ1n) is 9.76. The lowest BCUT2D eigenvalue weighted by Crippen LogP contribution is -2.51. The summed E-state index contributed by atoms with van der Waals surface area (Å²) >= 11 is 0. The van der Waals surface area contributed by atoms with Gasteiger partial charge in [-0.1, -0.05) is 72.8 Å². The Kier molecular flexibility index (Phi) is 4.95. The van der Waals surface area contributed by atoms with Crippen LogP contribution < -0.4 is 10.6 Å². The topological polar surface area (TPSA) is 41.1 Å². The van der Waals surface area contributed by atoms with Gasteiger partial charge in [-0.15, -0.1) is 0 Å². The van der Waals surface area contributed by atoms with E-state index in [0.717, 1.165) is 18.4 Å². The summed E-state index contributed by atoms with van der Waals surface area (Å²) in [4.78, 5) is 12.6. The summed E-state index contributed by atoms with van der Waals surface area (Å²) < 4.78 is 0. The molecule has 3 aromatic carbocycles. The molecule has 0 unspecified atom stereocenters. The van der Waals surface area contributed by atoms with Gasteiger partial charge in [0.25, 0.3) is 0 Å². The summed E-state index contributed by atoms with van der Waals surface area (Å²) in [6, 6.07) is 25.0. The first-order valence-corrected chi connectivity index (χ1v) is 9.76. The molecule has 138 valence electrons. The van der Waals surface area contributed by atoms with E-state index in [4.69, 9.17) is 0 Å². The highest BCUT2D eigenvalue weighted by Crippen LogP contribution is 2.40. The number of amides is 1. The third kappa shape index (κ3) is 3.60. The van der Waals surface area contributed by atoms with Crippen molar-refractivity contribution < 1.29 is 4.79 Å². The van der Waals surface area contributed by atoms with Gasteiger partial charge in [0, 0.05) is 5.54 Å². The predicted octanol–water partition coefficient (Wildman–Crippen LogP) is 4.69. The van der Waals surface area contributed by atoms with Crippen molar-refractivity contribution in [3.05, 3.63) is 83.9 Å². The van der Waals surface area contributed by atoms with Crippen molar-refractivity contribution in [1.82, 2.24) is 10.6 Å². The average Bonchev–Trinajstić information content (AvgIpc) is 2.67. The molecule has 0 aliphatic heterocycles. The molecule has 0 aromatic heterocycles. The molecule has 27 heavy (non-hydrogen) atoms. The Balaban J connectivity index is 1.42. The van der Waals surface area contributed by atoms with E-state index < -0.39 is 0 Å². The van der Waals surface area contributed by atoms with E-state index in [-0.39, 0.29) is 17.5 Å². The second-order valence-corrected chi connectivity index (χ2v) is 7.51. The van der Waals surface area contributed by atoms with Crippen LogP contribution in [0, 0.1) is 0 Å². The molecule has 0 heterocycles. The summed E-state index contributed by atoms with van der Waals surface area (Å²) in [7, 11) is 0. The van der Waals surface area contributed by atoms with Crippen LogP contribution in [0.25, 0.3) is 10.8 Å². The van der Waals surface area contributed by atoms with E-state index in [0.29, 0.717) is 6.54 Å². The first-order chi connectivity index (χ1) is 13.2. The second kappa shape index (κ2) is 7.53. The fraction of sp³-hybridized carbons (Fsp3) is 0.292. The zero-order valence-corrected chi connectivity index (χ0v) is 15.7. The zero-order valence-electron chi connectivity index (χ0n) is 15.7. The van der Waals surface area contributed by atoms with Crippen molar-refractivity contribution in [1.29, 1.82) is 0 Å². The van der Waals surface area contributed by atoms with Crippen molar-refractivity contribution in [2.24, 2.45) is 0 Å². The summed E-state index contributed by atoms with van der Waals surface area (Å²) in [5.41, 5.74) is 2.40. The smallest absolute Gasteiger partial charge is 0.234 e. The van der Waals surface area contributed by atoms with E-state index >= 15 is 0 Å². The van der Waals surface area contributed by atoms with Crippen LogP contribution in [0.1, 0.15) is 43.4 Å². The van der Waals surface area contributed by atoms with Crippen LogP contribution >= 0.6 is 0 Å². The molecule has 1 aliphatic carbocycles. The van der Waals surface area contributed by atoms with Crippen LogP contribution in [0.3, 0.4) is 0 Å². The molecule has 0 radical (unpaired) electrons. The van der Waals surface area contributed by atoms with Gasteiger partial charge in [0.15, 0.2) is 0 Å². The Hall–Kier alpha value is -2.65. The van der Waals surface area contributed by atoms with Gasteiger partial charge in [-0.25, -0.2) is 0 Å². The van der Waals surface area contributed by atoms with Crippen molar-refractivity contribution in [2.75, 3.05) is 6.54 Å². The number of nitrogens with one attached hydrogen (secondary N) is 2. The maximum atomic E-state index is 12.6. The SMILES string of the molecule is C[C@H](NC(=O)CNC1(c2ccccc2)CCC1)c1cccc2ccccc12. The molecule has 3 heteroatoms. The normalized spacial score (nSPS) is 16.5. The molecule has 2 N–H and O–H groups in total. The minimum absolute atomic E-state index is 0.0283. The van der Waals surface area contributed by atoms with Crippen molar-refractivity contribution in [3.63, 3.8) is 0 Å². The van der Waals surface area contributed by atoms with Gasteiger partial charge >= 0.3 is 0 Å². The van der Waals surface area contributed by atoms with Crippen molar-refractivity contribution in [3.8, 4) is 0 Å². The maximum absolute atomic E-state index is 12.6. The lowest BCUT2D eigenvalue weighted by atomic mass is 9.72. The van der Waals surface area contributed by atoms with Crippen molar-refractivity contribution in [2.45, 2.75) is 37.8 Å². The number of hydrogen-bond donors (Lipinski definition) is 2.